The first-order valence-electron chi connectivity index (χ1n) is 9.62. The smallest absolute Gasteiger partial charge is 0.279 e. The van der Waals surface area contributed by atoms with Crippen molar-refractivity contribution in [1.82, 2.24) is 10.4 Å². The van der Waals surface area contributed by atoms with Crippen LogP contribution >= 0.6 is 11.8 Å². The maximum atomic E-state index is 13.4. The Balaban J connectivity index is 1.67. The van der Waals surface area contributed by atoms with E-state index in [1.165, 1.54) is 16.8 Å². The third-order valence-corrected chi connectivity index (χ3v) is 6.34. The van der Waals surface area contributed by atoms with Crippen LogP contribution in [0.4, 0.5) is 0 Å². The summed E-state index contributed by atoms with van der Waals surface area (Å²) in [6.45, 7) is 0. The molecule has 0 aromatic heterocycles. The normalized spacial score (nSPS) is 16.1. The molecule has 1 fully saturated rings. The van der Waals surface area contributed by atoms with Crippen molar-refractivity contribution in [3.8, 4) is 6.07 Å². The maximum Gasteiger partial charge on any atom is 0.279 e. The summed E-state index contributed by atoms with van der Waals surface area (Å²) in [5.74, 6) is -0.796. The van der Waals surface area contributed by atoms with Crippen molar-refractivity contribution in [2.45, 2.75) is 11.0 Å². The van der Waals surface area contributed by atoms with Gasteiger partial charge in [0, 0.05) is 0 Å². The highest BCUT2D eigenvalue weighted by atomic mass is 32.2. The summed E-state index contributed by atoms with van der Waals surface area (Å²) in [7, 11) is 0. The third-order valence-electron chi connectivity index (χ3n) is 5.13. The van der Waals surface area contributed by atoms with Crippen LogP contribution in [0.3, 0.4) is 0 Å². The number of amides is 2. The molecule has 4 rings (SSSR count). The van der Waals surface area contributed by atoms with Crippen LogP contribution in [0, 0.1) is 11.3 Å². The zero-order valence-electron chi connectivity index (χ0n) is 16.4. The summed E-state index contributed by atoms with van der Waals surface area (Å²) in [5, 5.41) is 21.4. The number of hydrogen-bond acceptors (Lipinski definition) is 5. The highest BCUT2D eigenvalue weighted by Gasteiger charge is 2.43. The van der Waals surface area contributed by atoms with E-state index < -0.39 is 16.9 Å². The van der Waals surface area contributed by atoms with Gasteiger partial charge in [0.25, 0.3) is 11.8 Å². The van der Waals surface area contributed by atoms with Gasteiger partial charge < -0.3 is 5.11 Å². The van der Waals surface area contributed by atoms with Crippen molar-refractivity contribution in [2.24, 2.45) is 0 Å². The molecule has 1 atom stereocenters. The summed E-state index contributed by atoms with van der Waals surface area (Å²) in [6.07, 6.45) is 0. The average Bonchev–Trinajstić information content (AvgIpc) is 3.19. The summed E-state index contributed by atoms with van der Waals surface area (Å²) in [4.78, 5) is 26.0. The first-order valence-corrected chi connectivity index (χ1v) is 10.7. The molecule has 154 valence electrons. The Labute approximate surface area is 184 Å². The number of rotatable bonds is 5. The number of nitrogens with one attached hydrogen (secondary N) is 1. The minimum absolute atomic E-state index is 0.194. The van der Waals surface area contributed by atoms with Gasteiger partial charge in [-0.3, -0.25) is 15.0 Å². The molecule has 0 radical (unpaired) electrons. The number of aliphatic hydroxyl groups is 1. The van der Waals surface area contributed by atoms with Gasteiger partial charge in [0.2, 0.25) is 0 Å². The van der Waals surface area contributed by atoms with Gasteiger partial charge in [0.1, 0.15) is 5.37 Å². The number of nitriles is 1. The van der Waals surface area contributed by atoms with E-state index in [0.29, 0.717) is 16.7 Å². The molecule has 0 saturated carbocycles. The van der Waals surface area contributed by atoms with Gasteiger partial charge in [-0.15, -0.1) is 11.8 Å². The topological polar surface area (TPSA) is 93.4 Å². The Morgan fingerprint density at radius 1 is 1.00 bits per heavy atom. The largest absolute Gasteiger partial charge is 0.372 e. The molecule has 0 spiro atoms. The first kappa shape index (κ1) is 20.7. The minimum Gasteiger partial charge on any atom is -0.372 e. The first-order chi connectivity index (χ1) is 15.0. The van der Waals surface area contributed by atoms with Crippen molar-refractivity contribution in [2.75, 3.05) is 5.75 Å². The van der Waals surface area contributed by atoms with Crippen LogP contribution in [-0.2, 0) is 15.2 Å². The van der Waals surface area contributed by atoms with Gasteiger partial charge in [-0.2, -0.15) is 5.26 Å². The Morgan fingerprint density at radius 3 is 2.06 bits per heavy atom. The number of carbonyl (C=O) groups excluding carboxylic acids is 2. The van der Waals surface area contributed by atoms with Crippen LogP contribution in [0.15, 0.2) is 84.9 Å². The van der Waals surface area contributed by atoms with Crippen LogP contribution in [0.5, 0.6) is 0 Å². The predicted octanol–water partition coefficient (Wildman–Crippen LogP) is 3.10. The second-order valence-electron chi connectivity index (χ2n) is 7.04. The van der Waals surface area contributed by atoms with Crippen molar-refractivity contribution in [3.63, 3.8) is 0 Å². The lowest BCUT2D eigenvalue weighted by atomic mass is 9.85. The molecule has 1 aliphatic rings. The molecular weight excluding hydrogens is 410 g/mol. The Hall–Kier alpha value is -3.60. The average molecular weight is 430 g/mol. The second-order valence-corrected chi connectivity index (χ2v) is 8.11. The zero-order valence-corrected chi connectivity index (χ0v) is 17.3. The molecule has 1 saturated heterocycles. The van der Waals surface area contributed by atoms with Crippen LogP contribution in [0.25, 0.3) is 0 Å². The fourth-order valence-electron chi connectivity index (χ4n) is 3.49. The molecule has 1 aliphatic heterocycles. The predicted molar refractivity (Wildman–Crippen MR) is 117 cm³/mol. The molecule has 31 heavy (non-hydrogen) atoms. The molecule has 2 amide bonds. The number of hydrogen-bond donors (Lipinski definition) is 2. The van der Waals surface area contributed by atoms with E-state index >= 15 is 0 Å². The SMILES string of the molecule is N#Cc1ccc(C2SCC(=O)N2NC(=O)C(O)(c2ccccc2)c2ccccc2)cc1. The molecule has 6 nitrogen and oxygen atoms in total. The summed E-state index contributed by atoms with van der Waals surface area (Å²) >= 11 is 1.37. The Kier molecular flexibility index (Phi) is 5.76. The van der Waals surface area contributed by atoms with E-state index in [0.717, 1.165) is 5.56 Å². The maximum absolute atomic E-state index is 13.4. The molecule has 3 aromatic carbocycles. The van der Waals surface area contributed by atoms with Gasteiger partial charge in [-0.05, 0) is 28.8 Å². The van der Waals surface area contributed by atoms with E-state index in [2.05, 4.69) is 11.5 Å². The fourth-order valence-corrected chi connectivity index (χ4v) is 4.60. The number of thioether (sulfide) groups is 1. The van der Waals surface area contributed by atoms with Gasteiger partial charge in [-0.25, -0.2) is 5.01 Å². The van der Waals surface area contributed by atoms with Gasteiger partial charge in [0.05, 0.1) is 17.4 Å². The number of benzene rings is 3. The van der Waals surface area contributed by atoms with Crippen molar-refractivity contribution < 1.29 is 14.7 Å². The minimum atomic E-state index is -1.98. The van der Waals surface area contributed by atoms with E-state index in [1.54, 1.807) is 84.9 Å². The number of hydrazine groups is 1. The molecule has 1 heterocycles. The van der Waals surface area contributed by atoms with E-state index in [9.17, 15) is 14.7 Å². The lowest BCUT2D eigenvalue weighted by Gasteiger charge is -2.32. The third kappa shape index (κ3) is 3.91. The zero-order chi connectivity index (χ0) is 21.8. The Morgan fingerprint density at radius 2 is 1.55 bits per heavy atom. The van der Waals surface area contributed by atoms with E-state index in [1.807, 2.05) is 0 Å². The highest BCUT2D eigenvalue weighted by molar-refractivity contribution is 8.00. The molecule has 2 N–H and O–H groups in total. The number of carbonyl (C=O) groups is 2. The molecular formula is C24H19N3O3S. The van der Waals surface area contributed by atoms with Crippen LogP contribution in [0.1, 0.15) is 27.6 Å². The van der Waals surface area contributed by atoms with E-state index in [-0.39, 0.29) is 11.7 Å². The van der Waals surface area contributed by atoms with Crippen LogP contribution in [0.2, 0.25) is 0 Å². The van der Waals surface area contributed by atoms with E-state index in [4.69, 9.17) is 5.26 Å². The molecule has 0 aliphatic carbocycles. The lowest BCUT2D eigenvalue weighted by molar-refractivity contribution is -0.148. The summed E-state index contributed by atoms with van der Waals surface area (Å²) in [6, 6.07) is 26.2. The quantitative estimate of drug-likeness (QED) is 0.650. The molecule has 3 aromatic rings. The number of nitrogens with zero attached hydrogens (tertiary/aromatic N) is 2. The highest BCUT2D eigenvalue weighted by Crippen LogP contribution is 2.38. The van der Waals surface area contributed by atoms with Crippen LogP contribution < -0.4 is 5.43 Å². The van der Waals surface area contributed by atoms with Crippen molar-refractivity contribution >= 4 is 23.6 Å². The molecule has 1 unspecified atom stereocenters. The lowest BCUT2D eigenvalue weighted by Crippen LogP contribution is -2.53. The Bertz CT molecular complexity index is 1090. The standard InChI is InChI=1S/C24H19N3O3S/c25-15-17-11-13-18(14-12-17)22-27(21(28)16-31-22)26-23(29)24(30,19-7-3-1-4-8-19)20-9-5-2-6-10-20/h1-14,22,30H,16H2,(H,26,29). The van der Waals surface area contributed by atoms with Crippen molar-refractivity contribution in [3.05, 3.63) is 107 Å². The molecule has 0 bridgehead atoms. The van der Waals surface area contributed by atoms with Gasteiger partial charge in [-0.1, -0.05) is 72.8 Å². The van der Waals surface area contributed by atoms with Crippen molar-refractivity contribution in [1.29, 1.82) is 5.26 Å². The fraction of sp³-hybridized carbons (Fsp3) is 0.125. The van der Waals surface area contributed by atoms with Gasteiger partial charge >= 0.3 is 0 Å². The monoisotopic (exact) mass is 429 g/mol. The van der Waals surface area contributed by atoms with Gasteiger partial charge in [0.15, 0.2) is 5.60 Å². The molecule has 7 heteroatoms. The van der Waals surface area contributed by atoms with Crippen LogP contribution in [-0.4, -0.2) is 27.7 Å². The summed E-state index contributed by atoms with van der Waals surface area (Å²) < 4.78 is 0. The summed E-state index contributed by atoms with van der Waals surface area (Å²) in [5.41, 5.74) is 2.75. The second kappa shape index (κ2) is 8.64.